The average molecular weight is 308 g/mol. The highest BCUT2D eigenvalue weighted by Crippen LogP contribution is 2.32. The van der Waals surface area contributed by atoms with Crippen LogP contribution in [-0.4, -0.2) is 9.97 Å². The molecule has 102 valence electrons. The number of hydrogen-bond acceptors (Lipinski definition) is 4. The summed E-state index contributed by atoms with van der Waals surface area (Å²) in [4.78, 5) is 7.99. The minimum atomic E-state index is -4.44. The van der Waals surface area contributed by atoms with Crippen LogP contribution in [0.2, 0.25) is 5.15 Å². The number of rotatable bonds is 3. The average Bonchev–Trinajstić information content (AvgIpc) is 2.71. The maximum atomic E-state index is 12.6. The van der Waals surface area contributed by atoms with E-state index in [0.717, 1.165) is 22.8 Å². The van der Waals surface area contributed by atoms with Crippen molar-refractivity contribution in [2.24, 2.45) is 0 Å². The first-order chi connectivity index (χ1) is 8.84. The molecule has 0 radical (unpaired) electrons. The lowest BCUT2D eigenvalue weighted by Gasteiger charge is -2.10. The molecule has 0 aromatic carbocycles. The van der Waals surface area contributed by atoms with Gasteiger partial charge in [0.15, 0.2) is 0 Å². The van der Waals surface area contributed by atoms with Crippen molar-refractivity contribution in [3.63, 3.8) is 0 Å². The molecule has 0 fully saturated rings. The second kappa shape index (κ2) is 5.34. The standard InChI is InChI=1S/C11H9ClF3N3S/c1-6-5-19-10(17-6)4-16-9-3-7(11(13,14)15)2-8(12)18-9/h2-3,5H,4H2,1H3,(H,16,18). The lowest BCUT2D eigenvalue weighted by Crippen LogP contribution is -2.08. The molecule has 3 nitrogen and oxygen atoms in total. The van der Waals surface area contributed by atoms with Gasteiger partial charge in [0.1, 0.15) is 16.0 Å². The molecule has 2 heterocycles. The number of pyridine rings is 1. The number of nitrogens with zero attached hydrogens (tertiary/aromatic N) is 2. The fourth-order valence-electron chi connectivity index (χ4n) is 1.40. The molecule has 0 aliphatic heterocycles. The van der Waals surface area contributed by atoms with Gasteiger partial charge in [-0.15, -0.1) is 11.3 Å². The first-order valence-corrected chi connectivity index (χ1v) is 6.50. The molecule has 1 N–H and O–H groups in total. The van der Waals surface area contributed by atoms with Crippen molar-refractivity contribution < 1.29 is 13.2 Å². The van der Waals surface area contributed by atoms with Crippen LogP contribution in [0.1, 0.15) is 16.3 Å². The first-order valence-electron chi connectivity index (χ1n) is 5.24. The Morgan fingerprint density at radius 1 is 1.32 bits per heavy atom. The molecule has 0 saturated carbocycles. The number of hydrogen-bond donors (Lipinski definition) is 1. The molecule has 0 bridgehead atoms. The van der Waals surface area contributed by atoms with Gasteiger partial charge < -0.3 is 5.32 Å². The highest BCUT2D eigenvalue weighted by atomic mass is 35.5. The molecule has 2 rings (SSSR count). The van der Waals surface area contributed by atoms with Crippen LogP contribution in [0.15, 0.2) is 17.5 Å². The number of nitrogens with one attached hydrogen (secondary N) is 1. The van der Waals surface area contributed by atoms with Crippen molar-refractivity contribution in [3.8, 4) is 0 Å². The van der Waals surface area contributed by atoms with Gasteiger partial charge in [0, 0.05) is 11.1 Å². The highest BCUT2D eigenvalue weighted by Gasteiger charge is 2.31. The molecule has 0 spiro atoms. The van der Waals surface area contributed by atoms with E-state index in [0.29, 0.717) is 6.54 Å². The van der Waals surface area contributed by atoms with Crippen molar-refractivity contribution in [2.45, 2.75) is 19.6 Å². The topological polar surface area (TPSA) is 37.8 Å². The van der Waals surface area contributed by atoms with Gasteiger partial charge in [-0.1, -0.05) is 11.6 Å². The Morgan fingerprint density at radius 2 is 2.05 bits per heavy atom. The molecule has 0 saturated heterocycles. The van der Waals surface area contributed by atoms with Gasteiger partial charge in [-0.3, -0.25) is 0 Å². The van der Waals surface area contributed by atoms with Crippen molar-refractivity contribution in [1.82, 2.24) is 9.97 Å². The molecule has 0 atom stereocenters. The summed E-state index contributed by atoms with van der Waals surface area (Å²) >= 11 is 7.00. The van der Waals surface area contributed by atoms with Gasteiger partial charge in [-0.2, -0.15) is 13.2 Å². The molecule has 0 aliphatic carbocycles. The van der Waals surface area contributed by atoms with Crippen molar-refractivity contribution in [3.05, 3.63) is 38.9 Å². The van der Waals surface area contributed by atoms with Crippen LogP contribution in [0.25, 0.3) is 0 Å². The van der Waals surface area contributed by atoms with E-state index in [1.807, 2.05) is 12.3 Å². The van der Waals surface area contributed by atoms with Gasteiger partial charge in [0.25, 0.3) is 0 Å². The number of thiazole rings is 1. The van der Waals surface area contributed by atoms with Gasteiger partial charge in [0.2, 0.25) is 0 Å². The molecule has 8 heteroatoms. The summed E-state index contributed by atoms with van der Waals surface area (Å²) in [6.45, 7) is 2.16. The van der Waals surface area contributed by atoms with Crippen LogP contribution >= 0.6 is 22.9 Å². The van der Waals surface area contributed by atoms with E-state index >= 15 is 0 Å². The monoisotopic (exact) mass is 307 g/mol. The number of alkyl halides is 3. The maximum absolute atomic E-state index is 12.6. The summed E-state index contributed by atoms with van der Waals surface area (Å²) < 4.78 is 37.8. The zero-order chi connectivity index (χ0) is 14.0. The lowest BCUT2D eigenvalue weighted by molar-refractivity contribution is -0.137. The molecular formula is C11H9ClF3N3S. The summed E-state index contributed by atoms with van der Waals surface area (Å²) in [6, 6.07) is 1.71. The zero-order valence-electron chi connectivity index (χ0n) is 9.75. The molecule has 2 aromatic heterocycles. The number of halogens is 4. The van der Waals surface area contributed by atoms with Gasteiger partial charge in [-0.05, 0) is 19.1 Å². The van der Waals surface area contributed by atoms with Crippen LogP contribution in [0.5, 0.6) is 0 Å². The van der Waals surface area contributed by atoms with Gasteiger partial charge >= 0.3 is 6.18 Å². The van der Waals surface area contributed by atoms with Crippen molar-refractivity contribution in [2.75, 3.05) is 5.32 Å². The van der Waals surface area contributed by atoms with Gasteiger partial charge in [-0.25, -0.2) is 9.97 Å². The minimum absolute atomic E-state index is 0.0766. The lowest BCUT2D eigenvalue weighted by atomic mass is 10.2. The van der Waals surface area contributed by atoms with Crippen LogP contribution in [0.3, 0.4) is 0 Å². The van der Waals surface area contributed by atoms with Crippen LogP contribution in [0.4, 0.5) is 19.0 Å². The van der Waals surface area contributed by atoms with Gasteiger partial charge in [0.05, 0.1) is 12.1 Å². The zero-order valence-corrected chi connectivity index (χ0v) is 11.3. The second-order valence-corrected chi connectivity index (χ2v) is 5.13. The van der Waals surface area contributed by atoms with E-state index in [1.54, 1.807) is 0 Å². The van der Waals surface area contributed by atoms with Crippen molar-refractivity contribution >= 4 is 28.8 Å². The second-order valence-electron chi connectivity index (χ2n) is 3.80. The fourth-order valence-corrected chi connectivity index (χ4v) is 2.32. The third kappa shape index (κ3) is 3.81. The molecular weight excluding hydrogens is 299 g/mol. The SMILES string of the molecule is Cc1csc(CNc2cc(C(F)(F)F)cc(Cl)n2)n1. The fraction of sp³-hybridized carbons (Fsp3) is 0.273. The summed E-state index contributed by atoms with van der Waals surface area (Å²) in [5.41, 5.74) is 0.0437. The third-order valence-corrected chi connectivity index (χ3v) is 3.37. The summed E-state index contributed by atoms with van der Waals surface area (Å²) in [7, 11) is 0. The number of aromatic nitrogens is 2. The Kier molecular flexibility index (Phi) is 3.96. The summed E-state index contributed by atoms with van der Waals surface area (Å²) in [5.74, 6) is 0.0766. The minimum Gasteiger partial charge on any atom is -0.363 e. The number of anilines is 1. The van der Waals surface area contributed by atoms with Crippen molar-refractivity contribution in [1.29, 1.82) is 0 Å². The Labute approximate surface area is 116 Å². The molecule has 0 unspecified atom stereocenters. The Morgan fingerprint density at radius 3 is 2.63 bits per heavy atom. The summed E-state index contributed by atoms with van der Waals surface area (Å²) in [5, 5.41) is 5.21. The normalized spacial score (nSPS) is 11.6. The molecule has 0 aliphatic rings. The summed E-state index contributed by atoms with van der Waals surface area (Å²) in [6.07, 6.45) is -4.44. The van der Waals surface area contributed by atoms with Crippen LogP contribution in [0, 0.1) is 6.92 Å². The predicted molar refractivity (Wildman–Crippen MR) is 68.4 cm³/mol. The third-order valence-electron chi connectivity index (χ3n) is 2.21. The smallest absolute Gasteiger partial charge is 0.363 e. The molecule has 0 amide bonds. The van der Waals surface area contributed by atoms with E-state index in [2.05, 4.69) is 15.3 Å². The van der Waals surface area contributed by atoms with E-state index < -0.39 is 11.7 Å². The Balaban J connectivity index is 2.14. The van der Waals surface area contributed by atoms with E-state index in [-0.39, 0.29) is 11.0 Å². The Hall–Kier alpha value is -1.34. The Bertz CT molecular complexity index is 583. The van der Waals surface area contributed by atoms with E-state index in [9.17, 15) is 13.2 Å². The van der Waals surface area contributed by atoms with E-state index in [1.165, 1.54) is 11.3 Å². The molecule has 19 heavy (non-hydrogen) atoms. The quantitative estimate of drug-likeness (QED) is 0.866. The highest BCUT2D eigenvalue weighted by molar-refractivity contribution is 7.09. The van der Waals surface area contributed by atoms with Crippen LogP contribution < -0.4 is 5.32 Å². The predicted octanol–water partition coefficient (Wildman–Crippen LogP) is 4.13. The van der Waals surface area contributed by atoms with E-state index in [4.69, 9.17) is 11.6 Å². The maximum Gasteiger partial charge on any atom is 0.416 e. The van der Waals surface area contributed by atoms with Crippen LogP contribution in [-0.2, 0) is 12.7 Å². The number of aryl methyl sites for hydroxylation is 1. The largest absolute Gasteiger partial charge is 0.416 e. The molecule has 2 aromatic rings. The first kappa shape index (κ1) is 14.1.